The van der Waals surface area contributed by atoms with Crippen molar-refractivity contribution in [1.29, 1.82) is 5.26 Å². The molecule has 0 aliphatic rings. The normalized spacial score (nSPS) is 10.2. The van der Waals surface area contributed by atoms with Crippen LogP contribution in [0.5, 0.6) is 5.75 Å². The van der Waals surface area contributed by atoms with Crippen LogP contribution in [0, 0.1) is 25.2 Å². The number of aromatic nitrogens is 1. The van der Waals surface area contributed by atoms with Crippen LogP contribution in [0.4, 0.5) is 0 Å². The van der Waals surface area contributed by atoms with Crippen LogP contribution in [0.25, 0.3) is 0 Å². The van der Waals surface area contributed by atoms with E-state index in [0.29, 0.717) is 34.3 Å². The number of hydrogen-bond donors (Lipinski definition) is 0. The number of ketones is 1. The first-order valence-electron chi connectivity index (χ1n) is 8.87. The van der Waals surface area contributed by atoms with Gasteiger partial charge in [-0.1, -0.05) is 0 Å². The van der Waals surface area contributed by atoms with Crippen LogP contribution in [0.3, 0.4) is 0 Å². The lowest BCUT2D eigenvalue weighted by Crippen LogP contribution is -2.14. The van der Waals surface area contributed by atoms with E-state index < -0.39 is 5.97 Å². The average Bonchev–Trinajstić information content (AvgIpc) is 2.66. The predicted octanol–water partition coefficient (Wildman–Crippen LogP) is 3.88. The van der Waals surface area contributed by atoms with Gasteiger partial charge in [-0.25, -0.2) is 4.98 Å². The number of rotatable bonds is 9. The van der Waals surface area contributed by atoms with Crippen LogP contribution < -0.4 is 4.74 Å². The second-order valence-electron chi connectivity index (χ2n) is 6.01. The van der Waals surface area contributed by atoms with Crippen LogP contribution in [0.1, 0.15) is 40.5 Å². The highest BCUT2D eigenvalue weighted by Crippen LogP contribution is 2.24. The van der Waals surface area contributed by atoms with Gasteiger partial charge in [-0.3, -0.25) is 9.59 Å². The molecule has 0 N–H and O–H groups in total. The van der Waals surface area contributed by atoms with Crippen molar-refractivity contribution in [2.45, 2.75) is 32.2 Å². The zero-order valence-corrected chi connectivity index (χ0v) is 17.0. The Morgan fingerprint density at radius 2 is 1.93 bits per heavy atom. The molecule has 7 heteroatoms. The van der Waals surface area contributed by atoms with Crippen LogP contribution >= 0.6 is 11.8 Å². The number of pyridine rings is 1. The standard InChI is InChI=1S/C21H22N2O4S/c1-4-26-17-7-5-16(6-8-17)19(24)13-27-20(25)9-10-28-21-18(12-22)14(2)11-15(3)23-21/h5-8,11H,4,9-10,13H2,1-3H3. The summed E-state index contributed by atoms with van der Waals surface area (Å²) in [5, 5.41) is 9.87. The molecule has 0 unspecified atom stereocenters. The highest BCUT2D eigenvalue weighted by molar-refractivity contribution is 7.99. The highest BCUT2D eigenvalue weighted by atomic mass is 32.2. The number of carbonyl (C=O) groups is 2. The van der Waals surface area contributed by atoms with E-state index in [-0.39, 0.29) is 18.8 Å². The van der Waals surface area contributed by atoms with E-state index in [1.165, 1.54) is 11.8 Å². The number of nitrogens with zero attached hydrogens (tertiary/aromatic N) is 2. The minimum absolute atomic E-state index is 0.126. The summed E-state index contributed by atoms with van der Waals surface area (Å²) in [5.74, 6) is 0.368. The number of thioether (sulfide) groups is 1. The smallest absolute Gasteiger partial charge is 0.307 e. The molecular weight excluding hydrogens is 376 g/mol. The minimum atomic E-state index is -0.463. The number of aryl methyl sites for hydroxylation is 2. The van der Waals surface area contributed by atoms with Crippen molar-refractivity contribution in [1.82, 2.24) is 4.98 Å². The molecule has 1 aromatic heterocycles. The summed E-state index contributed by atoms with van der Waals surface area (Å²) in [5.41, 5.74) is 2.67. The number of benzene rings is 1. The molecular formula is C21H22N2O4S. The van der Waals surface area contributed by atoms with Crippen molar-refractivity contribution >= 4 is 23.5 Å². The number of hydrogen-bond acceptors (Lipinski definition) is 7. The quantitative estimate of drug-likeness (QED) is 0.360. The Hall–Kier alpha value is -2.85. The fourth-order valence-electron chi connectivity index (χ4n) is 2.48. The monoisotopic (exact) mass is 398 g/mol. The number of nitriles is 1. The van der Waals surface area contributed by atoms with E-state index >= 15 is 0 Å². The lowest BCUT2D eigenvalue weighted by molar-refractivity contribution is -0.141. The molecule has 146 valence electrons. The Kier molecular flexibility index (Phi) is 8.02. The number of ether oxygens (including phenoxy) is 2. The molecule has 2 aromatic rings. The van der Waals surface area contributed by atoms with E-state index in [9.17, 15) is 14.9 Å². The molecule has 2 rings (SSSR count). The van der Waals surface area contributed by atoms with E-state index in [1.807, 2.05) is 26.8 Å². The molecule has 0 spiro atoms. The molecule has 0 bridgehead atoms. The number of esters is 1. The summed E-state index contributed by atoms with van der Waals surface area (Å²) < 4.78 is 10.4. The SMILES string of the molecule is CCOc1ccc(C(=O)COC(=O)CCSc2nc(C)cc(C)c2C#N)cc1. The van der Waals surface area contributed by atoms with Gasteiger partial charge in [-0.2, -0.15) is 5.26 Å². The Bertz CT molecular complexity index is 889. The third kappa shape index (κ3) is 6.10. The van der Waals surface area contributed by atoms with Crippen molar-refractivity contribution in [2.24, 2.45) is 0 Å². The van der Waals surface area contributed by atoms with Crippen LogP contribution in [-0.2, 0) is 9.53 Å². The minimum Gasteiger partial charge on any atom is -0.494 e. The van der Waals surface area contributed by atoms with Crippen molar-refractivity contribution in [3.05, 3.63) is 52.7 Å². The molecule has 1 heterocycles. The van der Waals surface area contributed by atoms with Crippen molar-refractivity contribution < 1.29 is 19.1 Å². The summed E-state index contributed by atoms with van der Waals surface area (Å²) in [6.07, 6.45) is 0.126. The summed E-state index contributed by atoms with van der Waals surface area (Å²) >= 11 is 1.33. The lowest BCUT2D eigenvalue weighted by atomic mass is 10.1. The molecule has 0 atom stereocenters. The van der Waals surface area contributed by atoms with E-state index in [4.69, 9.17) is 9.47 Å². The molecule has 0 saturated heterocycles. The summed E-state index contributed by atoms with van der Waals surface area (Å²) in [6, 6.07) is 10.7. The number of carbonyl (C=O) groups excluding carboxylic acids is 2. The molecule has 0 saturated carbocycles. The van der Waals surface area contributed by atoms with E-state index in [0.717, 1.165) is 11.3 Å². The largest absolute Gasteiger partial charge is 0.494 e. The van der Waals surface area contributed by atoms with Crippen LogP contribution in [0.2, 0.25) is 0 Å². The van der Waals surface area contributed by atoms with Crippen molar-refractivity contribution in [2.75, 3.05) is 19.0 Å². The van der Waals surface area contributed by atoms with Gasteiger partial charge in [0, 0.05) is 17.0 Å². The van der Waals surface area contributed by atoms with Gasteiger partial charge >= 0.3 is 5.97 Å². The van der Waals surface area contributed by atoms with E-state index in [2.05, 4.69) is 11.1 Å². The molecule has 0 amide bonds. The van der Waals surface area contributed by atoms with Gasteiger partial charge in [0.05, 0.1) is 18.6 Å². The van der Waals surface area contributed by atoms with Gasteiger partial charge in [0.2, 0.25) is 0 Å². The summed E-state index contributed by atoms with van der Waals surface area (Å²) in [6.45, 7) is 5.85. The highest BCUT2D eigenvalue weighted by Gasteiger charge is 2.13. The molecule has 6 nitrogen and oxygen atoms in total. The van der Waals surface area contributed by atoms with Crippen LogP contribution in [0.15, 0.2) is 35.4 Å². The average molecular weight is 398 g/mol. The maximum Gasteiger partial charge on any atom is 0.307 e. The molecule has 0 aliphatic heterocycles. The van der Waals surface area contributed by atoms with Gasteiger partial charge < -0.3 is 9.47 Å². The van der Waals surface area contributed by atoms with Gasteiger partial charge in [0.15, 0.2) is 12.4 Å². The Morgan fingerprint density at radius 1 is 1.21 bits per heavy atom. The van der Waals surface area contributed by atoms with Gasteiger partial charge in [-0.05, 0) is 56.7 Å². The van der Waals surface area contributed by atoms with E-state index in [1.54, 1.807) is 24.3 Å². The second kappa shape index (κ2) is 10.5. The van der Waals surface area contributed by atoms with Gasteiger partial charge in [0.1, 0.15) is 16.8 Å². The Morgan fingerprint density at radius 3 is 2.57 bits per heavy atom. The Labute approximate surface area is 168 Å². The van der Waals surface area contributed by atoms with Crippen molar-refractivity contribution in [3.63, 3.8) is 0 Å². The molecule has 0 radical (unpaired) electrons. The zero-order chi connectivity index (χ0) is 20.5. The molecule has 1 aromatic carbocycles. The topological polar surface area (TPSA) is 89.3 Å². The van der Waals surface area contributed by atoms with Gasteiger partial charge in [0.25, 0.3) is 0 Å². The first kappa shape index (κ1) is 21.5. The maximum atomic E-state index is 12.1. The fourth-order valence-corrected chi connectivity index (χ4v) is 3.50. The van der Waals surface area contributed by atoms with Gasteiger partial charge in [-0.15, -0.1) is 11.8 Å². The zero-order valence-electron chi connectivity index (χ0n) is 16.2. The maximum absolute atomic E-state index is 12.1. The third-order valence-electron chi connectivity index (χ3n) is 3.82. The predicted molar refractivity (Wildman–Crippen MR) is 107 cm³/mol. The molecule has 0 aliphatic carbocycles. The summed E-state index contributed by atoms with van der Waals surface area (Å²) in [4.78, 5) is 28.4. The fraction of sp³-hybridized carbons (Fsp3) is 0.333. The lowest BCUT2D eigenvalue weighted by Gasteiger charge is -2.08. The summed E-state index contributed by atoms with van der Waals surface area (Å²) in [7, 11) is 0. The van der Waals surface area contributed by atoms with Crippen LogP contribution in [-0.4, -0.2) is 35.7 Å². The Balaban J connectivity index is 1.80. The first-order chi connectivity index (χ1) is 13.4. The molecule has 28 heavy (non-hydrogen) atoms. The third-order valence-corrected chi connectivity index (χ3v) is 4.80. The molecule has 0 fully saturated rings. The number of Topliss-reactive ketones (excluding diaryl/α,β-unsaturated/α-hetero) is 1. The first-order valence-corrected chi connectivity index (χ1v) is 9.86. The second-order valence-corrected chi connectivity index (χ2v) is 7.10. The van der Waals surface area contributed by atoms with Crippen molar-refractivity contribution in [3.8, 4) is 11.8 Å².